The standard InChI is InChI=1S/C20H23ClN4O3/c1-10(11-4-3-5-12(21)8-11)25-15(9-14(24-25)19(27)22-2)20(28)23-18-13-6-7-16(26)17(13)18/h3-5,8-10,13,16-18,26H,6-7H2,1-2H3,(H,22,27)(H,23,28). The van der Waals surface area contributed by atoms with E-state index in [2.05, 4.69) is 15.7 Å². The highest BCUT2D eigenvalue weighted by atomic mass is 35.5. The molecule has 2 amide bonds. The normalized spacial score (nSPS) is 26.4. The summed E-state index contributed by atoms with van der Waals surface area (Å²) in [6.07, 6.45) is 1.39. The molecule has 148 valence electrons. The molecule has 1 aromatic carbocycles. The summed E-state index contributed by atoms with van der Waals surface area (Å²) < 4.78 is 1.56. The van der Waals surface area contributed by atoms with Crippen molar-refractivity contribution in [1.82, 2.24) is 20.4 Å². The molecule has 2 aromatic rings. The number of halogens is 1. The maximum absolute atomic E-state index is 13.0. The van der Waals surface area contributed by atoms with Crippen LogP contribution in [-0.4, -0.2) is 45.9 Å². The van der Waals surface area contributed by atoms with E-state index < -0.39 is 0 Å². The zero-order valence-corrected chi connectivity index (χ0v) is 16.5. The van der Waals surface area contributed by atoms with Gasteiger partial charge in [-0.1, -0.05) is 23.7 Å². The topological polar surface area (TPSA) is 96.3 Å². The van der Waals surface area contributed by atoms with Crippen LogP contribution in [0.25, 0.3) is 0 Å². The van der Waals surface area contributed by atoms with Gasteiger partial charge in [-0.3, -0.25) is 14.3 Å². The first-order chi connectivity index (χ1) is 13.4. The van der Waals surface area contributed by atoms with Gasteiger partial charge in [0.2, 0.25) is 0 Å². The molecule has 28 heavy (non-hydrogen) atoms. The van der Waals surface area contributed by atoms with Gasteiger partial charge in [0.15, 0.2) is 5.69 Å². The first-order valence-corrected chi connectivity index (χ1v) is 9.84. The summed E-state index contributed by atoms with van der Waals surface area (Å²) in [6, 6.07) is 8.54. The zero-order valence-electron chi connectivity index (χ0n) is 15.7. The molecule has 8 heteroatoms. The second-order valence-corrected chi connectivity index (χ2v) is 7.99. The lowest BCUT2D eigenvalue weighted by atomic mass is 10.1. The molecule has 1 heterocycles. The average molecular weight is 403 g/mol. The van der Waals surface area contributed by atoms with Crippen LogP contribution in [0.15, 0.2) is 30.3 Å². The number of nitrogens with zero attached hydrogens (tertiary/aromatic N) is 2. The minimum atomic E-state index is -0.357. The van der Waals surface area contributed by atoms with Crippen LogP contribution in [-0.2, 0) is 0 Å². The van der Waals surface area contributed by atoms with E-state index in [0.29, 0.717) is 16.6 Å². The number of hydrogen-bond acceptors (Lipinski definition) is 4. The van der Waals surface area contributed by atoms with Crippen LogP contribution in [0.5, 0.6) is 0 Å². The van der Waals surface area contributed by atoms with Crippen LogP contribution in [0.3, 0.4) is 0 Å². The van der Waals surface area contributed by atoms with Gasteiger partial charge < -0.3 is 15.7 Å². The number of rotatable bonds is 5. The summed E-state index contributed by atoms with van der Waals surface area (Å²) in [5, 5.41) is 20.5. The lowest BCUT2D eigenvalue weighted by molar-refractivity contribution is 0.0920. The van der Waals surface area contributed by atoms with Crippen molar-refractivity contribution < 1.29 is 14.7 Å². The smallest absolute Gasteiger partial charge is 0.271 e. The van der Waals surface area contributed by atoms with E-state index in [1.807, 2.05) is 25.1 Å². The summed E-state index contributed by atoms with van der Waals surface area (Å²) in [4.78, 5) is 25.0. The molecule has 5 atom stereocenters. The van der Waals surface area contributed by atoms with E-state index in [9.17, 15) is 14.7 Å². The number of fused-ring (bicyclic) bond motifs is 1. The Bertz CT molecular complexity index is 928. The van der Waals surface area contributed by atoms with Crippen LogP contribution in [0.4, 0.5) is 0 Å². The minimum absolute atomic E-state index is 0.00970. The largest absolute Gasteiger partial charge is 0.393 e. The van der Waals surface area contributed by atoms with Gasteiger partial charge in [0.05, 0.1) is 12.1 Å². The van der Waals surface area contributed by atoms with E-state index in [0.717, 1.165) is 18.4 Å². The number of carbonyl (C=O) groups excluding carboxylic acids is 2. The number of hydrogen-bond donors (Lipinski definition) is 3. The molecule has 0 saturated heterocycles. The monoisotopic (exact) mass is 402 g/mol. The molecule has 7 nitrogen and oxygen atoms in total. The molecule has 5 unspecified atom stereocenters. The van der Waals surface area contributed by atoms with Crippen LogP contribution < -0.4 is 10.6 Å². The molecule has 4 rings (SSSR count). The molecule has 0 spiro atoms. The van der Waals surface area contributed by atoms with Crippen molar-refractivity contribution in [2.75, 3.05) is 7.05 Å². The molecule has 2 aliphatic rings. The number of nitrogens with one attached hydrogen (secondary N) is 2. The minimum Gasteiger partial charge on any atom is -0.393 e. The van der Waals surface area contributed by atoms with Crippen molar-refractivity contribution in [3.05, 3.63) is 52.3 Å². The molecule has 0 bridgehead atoms. The summed E-state index contributed by atoms with van der Waals surface area (Å²) >= 11 is 6.11. The maximum Gasteiger partial charge on any atom is 0.271 e. The predicted molar refractivity (Wildman–Crippen MR) is 104 cm³/mol. The van der Waals surface area contributed by atoms with E-state index in [-0.39, 0.29) is 41.6 Å². The first-order valence-electron chi connectivity index (χ1n) is 9.46. The van der Waals surface area contributed by atoms with E-state index >= 15 is 0 Å². The molecule has 2 aliphatic carbocycles. The van der Waals surface area contributed by atoms with Crippen molar-refractivity contribution in [2.24, 2.45) is 11.8 Å². The van der Waals surface area contributed by atoms with Crippen LogP contribution in [0.1, 0.15) is 52.3 Å². The van der Waals surface area contributed by atoms with Gasteiger partial charge in [-0.25, -0.2) is 0 Å². The van der Waals surface area contributed by atoms with Crippen molar-refractivity contribution in [3.63, 3.8) is 0 Å². The third kappa shape index (κ3) is 3.29. The number of carbonyl (C=O) groups is 2. The lowest BCUT2D eigenvalue weighted by Crippen LogP contribution is -2.32. The molecule has 2 saturated carbocycles. The van der Waals surface area contributed by atoms with E-state index in [1.54, 1.807) is 10.7 Å². The predicted octanol–water partition coefficient (Wildman–Crippen LogP) is 2.00. The van der Waals surface area contributed by atoms with E-state index in [1.165, 1.54) is 13.1 Å². The highest BCUT2D eigenvalue weighted by Gasteiger charge is 2.58. The number of aliphatic hydroxyl groups excluding tert-OH is 1. The average Bonchev–Trinajstić information content (AvgIpc) is 3.02. The first kappa shape index (κ1) is 19.0. The maximum atomic E-state index is 13.0. The zero-order chi connectivity index (χ0) is 20.0. The molecule has 0 aliphatic heterocycles. The Hall–Kier alpha value is -2.38. The highest BCUT2D eigenvalue weighted by molar-refractivity contribution is 6.30. The molecular weight excluding hydrogens is 380 g/mol. The number of amides is 2. The van der Waals surface area contributed by atoms with Gasteiger partial charge in [-0.05, 0) is 43.4 Å². The van der Waals surface area contributed by atoms with Crippen molar-refractivity contribution in [1.29, 1.82) is 0 Å². The Morgan fingerprint density at radius 1 is 1.29 bits per heavy atom. The third-order valence-electron chi connectivity index (χ3n) is 5.89. The Labute approximate surface area is 168 Å². The Kier molecular flexibility index (Phi) is 4.89. The Morgan fingerprint density at radius 2 is 2.07 bits per heavy atom. The van der Waals surface area contributed by atoms with Gasteiger partial charge in [-0.2, -0.15) is 5.10 Å². The molecular formula is C20H23ClN4O3. The quantitative estimate of drug-likeness (QED) is 0.712. The Balaban J connectivity index is 1.62. The van der Waals surface area contributed by atoms with Gasteiger partial charge in [0.1, 0.15) is 5.69 Å². The summed E-state index contributed by atoms with van der Waals surface area (Å²) in [6.45, 7) is 1.90. The van der Waals surface area contributed by atoms with Crippen LogP contribution >= 0.6 is 11.6 Å². The van der Waals surface area contributed by atoms with Gasteiger partial charge in [0.25, 0.3) is 11.8 Å². The fourth-order valence-electron chi connectivity index (χ4n) is 4.29. The number of aromatic nitrogens is 2. The lowest BCUT2D eigenvalue weighted by Gasteiger charge is -2.17. The summed E-state index contributed by atoms with van der Waals surface area (Å²) in [7, 11) is 1.52. The van der Waals surface area contributed by atoms with Gasteiger partial charge >= 0.3 is 0 Å². The molecule has 2 fully saturated rings. The summed E-state index contributed by atoms with van der Waals surface area (Å²) in [5.41, 5.74) is 1.37. The van der Waals surface area contributed by atoms with Crippen LogP contribution in [0, 0.1) is 11.8 Å². The fraction of sp³-hybridized carbons (Fsp3) is 0.450. The highest BCUT2D eigenvalue weighted by Crippen LogP contribution is 2.52. The van der Waals surface area contributed by atoms with Crippen molar-refractivity contribution >= 4 is 23.4 Å². The Morgan fingerprint density at radius 3 is 2.71 bits per heavy atom. The second-order valence-electron chi connectivity index (χ2n) is 7.55. The van der Waals surface area contributed by atoms with Crippen LogP contribution in [0.2, 0.25) is 5.02 Å². The fourth-order valence-corrected chi connectivity index (χ4v) is 4.49. The second kappa shape index (κ2) is 7.22. The molecule has 1 aromatic heterocycles. The number of benzene rings is 1. The SMILES string of the molecule is CNC(=O)c1cc(C(=O)NC2C3CCC(O)C32)n(C(C)c2cccc(Cl)c2)n1. The van der Waals surface area contributed by atoms with Gasteiger partial charge in [0, 0.05) is 30.1 Å². The van der Waals surface area contributed by atoms with E-state index in [4.69, 9.17) is 11.6 Å². The number of aliphatic hydroxyl groups is 1. The molecule has 3 N–H and O–H groups in total. The summed E-state index contributed by atoms with van der Waals surface area (Å²) in [5.74, 6) is -0.156. The van der Waals surface area contributed by atoms with Crippen molar-refractivity contribution in [3.8, 4) is 0 Å². The third-order valence-corrected chi connectivity index (χ3v) is 6.13. The van der Waals surface area contributed by atoms with Crippen molar-refractivity contribution in [2.45, 2.75) is 38.0 Å². The van der Waals surface area contributed by atoms with Gasteiger partial charge in [-0.15, -0.1) is 0 Å². The molecule has 0 radical (unpaired) electrons.